The molecule has 0 fully saturated rings. The van der Waals surface area contributed by atoms with Crippen molar-refractivity contribution in [1.82, 2.24) is 4.98 Å². The third kappa shape index (κ3) is 4.99. The number of aromatic nitrogens is 1. The lowest BCUT2D eigenvalue weighted by molar-refractivity contribution is 0.0979. The minimum Gasteiger partial charge on any atom is -0.366 e. The molecule has 0 amide bonds. The summed E-state index contributed by atoms with van der Waals surface area (Å²) in [4.78, 5) is 19.1. The molecule has 1 aromatic heterocycles. The summed E-state index contributed by atoms with van der Waals surface area (Å²) in [5.41, 5.74) is 4.11. The van der Waals surface area contributed by atoms with E-state index >= 15 is 0 Å². The second-order valence-corrected chi connectivity index (χ2v) is 10.9. The van der Waals surface area contributed by atoms with E-state index in [4.69, 9.17) is 0 Å². The van der Waals surface area contributed by atoms with Crippen LogP contribution in [0.4, 0.5) is 11.4 Å². The maximum Gasteiger partial charge on any atom is 0.264 e. The number of anilines is 2. The summed E-state index contributed by atoms with van der Waals surface area (Å²) in [6.07, 6.45) is 4.74. The van der Waals surface area contributed by atoms with E-state index in [0.29, 0.717) is 37.3 Å². The van der Waals surface area contributed by atoms with Crippen molar-refractivity contribution in [3.63, 3.8) is 0 Å². The average molecular weight is 478 g/mol. The number of nitrogens with zero attached hydrogens (tertiary/aromatic N) is 3. The predicted molar refractivity (Wildman–Crippen MR) is 136 cm³/mol. The number of hydrogen-bond donors (Lipinski definition) is 0. The molecular formula is C27H31N3O3S. The Morgan fingerprint density at radius 2 is 1.71 bits per heavy atom. The van der Waals surface area contributed by atoms with Gasteiger partial charge in [-0.3, -0.25) is 14.1 Å². The topological polar surface area (TPSA) is 70.6 Å². The molecule has 3 aromatic rings. The molecule has 2 heterocycles. The Kier molecular flexibility index (Phi) is 7.03. The number of hydrogen-bond acceptors (Lipinski definition) is 5. The number of fused-ring (bicyclic) bond motifs is 1. The van der Waals surface area contributed by atoms with Gasteiger partial charge in [0.2, 0.25) is 0 Å². The van der Waals surface area contributed by atoms with Gasteiger partial charge in [0.05, 0.1) is 10.6 Å². The van der Waals surface area contributed by atoms with Crippen molar-refractivity contribution in [2.75, 3.05) is 22.3 Å². The summed E-state index contributed by atoms with van der Waals surface area (Å²) in [6, 6.07) is 16.5. The Balaban J connectivity index is 1.70. The van der Waals surface area contributed by atoms with E-state index < -0.39 is 10.0 Å². The van der Waals surface area contributed by atoms with Crippen molar-refractivity contribution in [3.8, 4) is 0 Å². The molecule has 6 nitrogen and oxygen atoms in total. The highest BCUT2D eigenvalue weighted by atomic mass is 32.2. The second-order valence-electron chi connectivity index (χ2n) is 9.08. The van der Waals surface area contributed by atoms with Crippen molar-refractivity contribution >= 4 is 27.2 Å². The zero-order valence-corrected chi connectivity index (χ0v) is 20.8. The fourth-order valence-electron chi connectivity index (χ4n) is 4.24. The van der Waals surface area contributed by atoms with Gasteiger partial charge in [0.1, 0.15) is 0 Å². The van der Waals surface area contributed by atoms with Gasteiger partial charge in [0.15, 0.2) is 5.78 Å². The molecule has 1 aliphatic heterocycles. The van der Waals surface area contributed by atoms with E-state index in [1.54, 1.807) is 30.6 Å². The van der Waals surface area contributed by atoms with Crippen molar-refractivity contribution in [2.45, 2.75) is 45.1 Å². The lowest BCUT2D eigenvalue weighted by Crippen LogP contribution is -2.35. The van der Waals surface area contributed by atoms with E-state index in [0.717, 1.165) is 23.2 Å². The normalized spacial score (nSPS) is 13.8. The van der Waals surface area contributed by atoms with Gasteiger partial charge in [-0.25, -0.2) is 8.42 Å². The smallest absolute Gasteiger partial charge is 0.264 e. The molecule has 0 unspecified atom stereocenters. The fraction of sp³-hybridized carbons (Fsp3) is 0.333. The van der Waals surface area contributed by atoms with Crippen LogP contribution < -0.4 is 9.21 Å². The molecule has 34 heavy (non-hydrogen) atoms. The summed E-state index contributed by atoms with van der Waals surface area (Å²) in [6.45, 7) is 7.65. The van der Waals surface area contributed by atoms with E-state index in [9.17, 15) is 13.2 Å². The van der Waals surface area contributed by atoms with E-state index in [1.165, 1.54) is 4.31 Å². The van der Waals surface area contributed by atoms with Crippen LogP contribution in [0.1, 0.15) is 48.7 Å². The van der Waals surface area contributed by atoms with Crippen LogP contribution in [0.5, 0.6) is 0 Å². The molecule has 0 saturated heterocycles. The van der Waals surface area contributed by atoms with Gasteiger partial charge in [-0.05, 0) is 65.9 Å². The van der Waals surface area contributed by atoms with Crippen LogP contribution in [-0.2, 0) is 23.0 Å². The molecule has 0 aliphatic carbocycles. The van der Waals surface area contributed by atoms with Crippen molar-refractivity contribution in [2.24, 2.45) is 5.92 Å². The highest BCUT2D eigenvalue weighted by Gasteiger charge is 2.30. The standard InChI is InChI=1S/C27H31N3O3S/c1-4-21-5-7-23(8-6-21)30(18-20(2)3)34(32,33)24-9-10-26-25(17-24)27(31)13-16-29(26)19-22-11-14-28-15-12-22/h5-12,14-15,17,20H,4,13,16,18-19H2,1-3H3. The Bertz CT molecular complexity index is 1260. The van der Waals surface area contributed by atoms with Crippen molar-refractivity contribution in [1.29, 1.82) is 0 Å². The van der Waals surface area contributed by atoms with Gasteiger partial charge >= 0.3 is 0 Å². The molecule has 0 atom stereocenters. The van der Waals surface area contributed by atoms with Crippen LogP contribution in [-0.4, -0.2) is 32.3 Å². The molecule has 0 saturated carbocycles. The molecule has 7 heteroatoms. The number of pyridine rings is 1. The molecule has 0 radical (unpaired) electrons. The first kappa shape index (κ1) is 24.0. The second kappa shape index (κ2) is 9.97. The lowest BCUT2D eigenvalue weighted by Gasteiger charge is -2.32. The Labute approximate surface area is 202 Å². The molecule has 0 spiro atoms. The monoisotopic (exact) mass is 477 g/mol. The van der Waals surface area contributed by atoms with E-state index in [1.807, 2.05) is 50.2 Å². The lowest BCUT2D eigenvalue weighted by atomic mass is 10.00. The number of aryl methyl sites for hydroxylation is 1. The quantitative estimate of drug-likeness (QED) is 0.452. The summed E-state index contributed by atoms with van der Waals surface area (Å²) < 4.78 is 29.0. The van der Waals surface area contributed by atoms with Crippen LogP contribution >= 0.6 is 0 Å². The summed E-state index contributed by atoms with van der Waals surface area (Å²) >= 11 is 0. The minimum absolute atomic E-state index is 0.0271. The highest BCUT2D eigenvalue weighted by Crippen LogP contribution is 2.33. The van der Waals surface area contributed by atoms with Crippen LogP contribution in [0.2, 0.25) is 0 Å². The number of sulfonamides is 1. The first-order chi connectivity index (χ1) is 16.3. The predicted octanol–water partition coefficient (Wildman–Crippen LogP) is 5.09. The third-order valence-electron chi connectivity index (χ3n) is 6.09. The third-order valence-corrected chi connectivity index (χ3v) is 7.88. The first-order valence-corrected chi connectivity index (χ1v) is 13.2. The van der Waals surface area contributed by atoms with Crippen LogP contribution in [0.15, 0.2) is 71.9 Å². The molecule has 0 N–H and O–H groups in total. The number of ketones is 1. The summed E-state index contributed by atoms with van der Waals surface area (Å²) in [7, 11) is -3.85. The minimum atomic E-state index is -3.85. The SMILES string of the molecule is CCc1ccc(N(CC(C)C)S(=O)(=O)c2ccc3c(c2)C(=O)CCN3Cc2ccncc2)cc1. The number of Topliss-reactive ketones (excluding diaryl/α,β-unsaturated/α-hetero) is 1. The van der Waals surface area contributed by atoms with Gasteiger partial charge in [-0.2, -0.15) is 0 Å². The van der Waals surface area contributed by atoms with Crippen molar-refractivity contribution in [3.05, 3.63) is 83.7 Å². The van der Waals surface area contributed by atoms with Gasteiger partial charge in [-0.1, -0.05) is 32.9 Å². The average Bonchev–Trinajstić information content (AvgIpc) is 2.84. The van der Waals surface area contributed by atoms with E-state index in [2.05, 4.69) is 16.8 Å². The molecular weight excluding hydrogens is 446 g/mol. The largest absolute Gasteiger partial charge is 0.366 e. The Hall–Kier alpha value is -3.19. The Morgan fingerprint density at radius 3 is 2.35 bits per heavy atom. The number of carbonyl (C=O) groups excluding carboxylic acids is 1. The van der Waals surface area contributed by atoms with Crippen LogP contribution in [0, 0.1) is 5.92 Å². The van der Waals surface area contributed by atoms with Gasteiger partial charge < -0.3 is 4.90 Å². The first-order valence-electron chi connectivity index (χ1n) is 11.7. The zero-order chi connectivity index (χ0) is 24.3. The number of benzene rings is 2. The van der Waals surface area contributed by atoms with E-state index in [-0.39, 0.29) is 16.6 Å². The fourth-order valence-corrected chi connectivity index (χ4v) is 5.89. The van der Waals surface area contributed by atoms with Crippen LogP contribution in [0.25, 0.3) is 0 Å². The summed E-state index contributed by atoms with van der Waals surface area (Å²) in [5.74, 6) is 0.108. The number of rotatable bonds is 8. The van der Waals surface area contributed by atoms with Crippen molar-refractivity contribution < 1.29 is 13.2 Å². The maximum absolute atomic E-state index is 13.8. The van der Waals surface area contributed by atoms with Crippen LogP contribution in [0.3, 0.4) is 0 Å². The molecule has 2 aromatic carbocycles. The highest BCUT2D eigenvalue weighted by molar-refractivity contribution is 7.92. The van der Waals surface area contributed by atoms with Gasteiger partial charge in [0, 0.05) is 49.7 Å². The van der Waals surface area contributed by atoms with Gasteiger partial charge in [-0.15, -0.1) is 0 Å². The van der Waals surface area contributed by atoms with Gasteiger partial charge in [0.25, 0.3) is 10.0 Å². The zero-order valence-electron chi connectivity index (χ0n) is 19.9. The Morgan fingerprint density at radius 1 is 1.00 bits per heavy atom. The summed E-state index contributed by atoms with van der Waals surface area (Å²) in [5, 5.41) is 0. The maximum atomic E-state index is 13.8. The molecule has 178 valence electrons. The molecule has 1 aliphatic rings. The number of carbonyl (C=O) groups is 1. The molecule has 4 rings (SSSR count). The molecule has 0 bridgehead atoms.